The van der Waals surface area contributed by atoms with Gasteiger partial charge in [-0.25, -0.2) is 0 Å². The second-order valence-electron chi connectivity index (χ2n) is 12.9. The lowest BCUT2D eigenvalue weighted by atomic mass is 9.85. The average molecular weight is 635 g/mol. The second kappa shape index (κ2) is 12.8. The summed E-state index contributed by atoms with van der Waals surface area (Å²) in [6, 6.07) is 74.8. The fourth-order valence-electron chi connectivity index (χ4n) is 7.38. The van der Waals surface area contributed by atoms with Crippen LogP contribution in [0, 0.1) is 0 Å². The molecule has 0 aromatic heterocycles. The van der Waals surface area contributed by atoms with Crippen molar-refractivity contribution in [2.45, 2.75) is 0 Å². The van der Waals surface area contributed by atoms with E-state index in [1.807, 2.05) is 0 Å². The fraction of sp³-hybridized carbons (Fsp3) is 0. The summed E-state index contributed by atoms with van der Waals surface area (Å²) in [5, 5.41) is 5.06. The van der Waals surface area contributed by atoms with E-state index < -0.39 is 0 Å². The lowest BCUT2D eigenvalue weighted by molar-refractivity contribution is 1.58. The zero-order valence-corrected chi connectivity index (χ0v) is 27.6. The molecule has 0 atom stereocenters. The van der Waals surface area contributed by atoms with E-state index in [1.54, 1.807) is 0 Å². The van der Waals surface area contributed by atoms with Gasteiger partial charge in [-0.2, -0.15) is 0 Å². The maximum absolute atomic E-state index is 2.28. The summed E-state index contributed by atoms with van der Waals surface area (Å²) < 4.78 is 0. The molecule has 0 saturated heterocycles. The summed E-state index contributed by atoms with van der Waals surface area (Å²) in [5.74, 6) is 0. The Morgan fingerprint density at radius 3 is 0.560 bits per heavy atom. The molecule has 0 spiro atoms. The first kappa shape index (κ1) is 29.6. The molecule has 0 bridgehead atoms. The van der Waals surface area contributed by atoms with Crippen LogP contribution in [0.25, 0.3) is 88.3 Å². The summed E-state index contributed by atoms with van der Waals surface area (Å²) in [6.07, 6.45) is 0. The molecular formula is C50H34. The van der Waals surface area contributed by atoms with Crippen molar-refractivity contribution in [1.82, 2.24) is 0 Å². The summed E-state index contributed by atoms with van der Waals surface area (Å²) in [5.41, 5.74) is 14.8. The monoisotopic (exact) mass is 634 g/mol. The summed E-state index contributed by atoms with van der Waals surface area (Å²) in [6.45, 7) is 0. The third-order valence-electron chi connectivity index (χ3n) is 9.93. The lowest BCUT2D eigenvalue weighted by Gasteiger charge is -2.18. The first-order chi connectivity index (χ1) is 24.8. The molecule has 0 unspecified atom stereocenters. The van der Waals surface area contributed by atoms with Gasteiger partial charge in [-0.1, -0.05) is 206 Å². The van der Waals surface area contributed by atoms with Gasteiger partial charge in [-0.15, -0.1) is 0 Å². The van der Waals surface area contributed by atoms with E-state index >= 15 is 0 Å². The van der Waals surface area contributed by atoms with Crippen LogP contribution in [0.2, 0.25) is 0 Å². The quantitative estimate of drug-likeness (QED) is 0.160. The molecular weight excluding hydrogens is 601 g/mol. The number of hydrogen-bond acceptors (Lipinski definition) is 0. The van der Waals surface area contributed by atoms with E-state index in [4.69, 9.17) is 0 Å². The average Bonchev–Trinajstić information content (AvgIpc) is 3.21. The minimum Gasteiger partial charge on any atom is -0.0622 e. The second-order valence-corrected chi connectivity index (χ2v) is 12.9. The van der Waals surface area contributed by atoms with Crippen LogP contribution in [0.3, 0.4) is 0 Å². The predicted octanol–water partition coefficient (Wildman–Crippen LogP) is 14.0. The zero-order chi connectivity index (χ0) is 33.3. The molecule has 0 aliphatic heterocycles. The normalized spacial score (nSPS) is 11.2. The maximum atomic E-state index is 2.28. The van der Waals surface area contributed by atoms with Crippen LogP contribution in [-0.2, 0) is 0 Å². The molecule has 0 N–H and O–H groups in total. The van der Waals surface area contributed by atoms with Crippen LogP contribution in [0.15, 0.2) is 206 Å². The Labute approximate surface area is 293 Å². The van der Waals surface area contributed by atoms with Gasteiger partial charge in [-0.05, 0) is 88.3 Å². The van der Waals surface area contributed by atoms with E-state index in [1.165, 1.54) is 88.3 Å². The van der Waals surface area contributed by atoms with Gasteiger partial charge in [0.2, 0.25) is 0 Å². The summed E-state index contributed by atoms with van der Waals surface area (Å²) >= 11 is 0. The van der Waals surface area contributed by atoms with E-state index in [-0.39, 0.29) is 0 Å². The largest absolute Gasteiger partial charge is 0.0622 e. The molecule has 0 radical (unpaired) electrons. The van der Waals surface area contributed by atoms with Crippen LogP contribution in [0.5, 0.6) is 0 Å². The van der Waals surface area contributed by atoms with Crippen LogP contribution in [0.4, 0.5) is 0 Å². The first-order valence-electron chi connectivity index (χ1n) is 17.3. The Balaban J connectivity index is 1.08. The number of benzene rings is 9. The molecule has 0 nitrogen and oxygen atoms in total. The number of fused-ring (bicyclic) bond motifs is 2. The van der Waals surface area contributed by atoms with Gasteiger partial charge in [0.05, 0.1) is 0 Å². The van der Waals surface area contributed by atoms with E-state index in [0.717, 1.165) is 0 Å². The first-order valence-corrected chi connectivity index (χ1v) is 17.3. The SMILES string of the molecule is c1ccc(-c2ccc(-c3ccc(-c4c5ccccc5c(-c5ccc(-c6ccc(-c7ccccc7)cc6)cc5)c5ccccc45)cc3)cc2)cc1. The Morgan fingerprint density at radius 1 is 0.140 bits per heavy atom. The van der Waals surface area contributed by atoms with E-state index in [9.17, 15) is 0 Å². The molecule has 9 rings (SSSR count). The molecule has 50 heavy (non-hydrogen) atoms. The number of hydrogen-bond donors (Lipinski definition) is 0. The molecule has 0 fully saturated rings. The fourth-order valence-corrected chi connectivity index (χ4v) is 7.38. The van der Waals surface area contributed by atoms with Crippen LogP contribution >= 0.6 is 0 Å². The van der Waals surface area contributed by atoms with Gasteiger partial charge in [0.25, 0.3) is 0 Å². The molecule has 0 heterocycles. The van der Waals surface area contributed by atoms with Gasteiger partial charge >= 0.3 is 0 Å². The molecule has 9 aromatic carbocycles. The Morgan fingerprint density at radius 2 is 0.320 bits per heavy atom. The van der Waals surface area contributed by atoms with Crippen LogP contribution in [0.1, 0.15) is 0 Å². The highest BCUT2D eigenvalue weighted by molar-refractivity contribution is 6.21. The molecule has 0 aliphatic carbocycles. The lowest BCUT2D eigenvalue weighted by Crippen LogP contribution is -1.91. The maximum Gasteiger partial charge on any atom is -0.00264 e. The standard InChI is InChI=1S/C50H34/c1-3-11-35(12-4-1)37-19-23-39(24-20-37)41-27-31-43(32-28-41)49-45-15-7-9-17-47(45)50(48-18-10-8-16-46(48)49)44-33-29-42(30-34-44)40-25-21-38(22-26-40)36-13-5-2-6-14-36/h1-34H. The minimum atomic E-state index is 1.22. The van der Waals surface area contributed by atoms with Gasteiger partial charge in [0.1, 0.15) is 0 Å². The molecule has 234 valence electrons. The van der Waals surface area contributed by atoms with Gasteiger partial charge in [0.15, 0.2) is 0 Å². The molecule has 0 amide bonds. The Kier molecular flexibility index (Phi) is 7.61. The molecule has 0 heteroatoms. The van der Waals surface area contributed by atoms with Crippen molar-refractivity contribution < 1.29 is 0 Å². The van der Waals surface area contributed by atoms with E-state index in [0.29, 0.717) is 0 Å². The van der Waals surface area contributed by atoms with Crippen LogP contribution in [-0.4, -0.2) is 0 Å². The molecule has 0 aliphatic rings. The molecule has 9 aromatic rings. The van der Waals surface area contributed by atoms with Gasteiger partial charge in [0, 0.05) is 0 Å². The van der Waals surface area contributed by atoms with Crippen molar-refractivity contribution in [3.05, 3.63) is 206 Å². The summed E-state index contributed by atoms with van der Waals surface area (Å²) in [4.78, 5) is 0. The van der Waals surface area contributed by atoms with Crippen molar-refractivity contribution in [1.29, 1.82) is 0 Å². The number of rotatable bonds is 6. The Bertz CT molecular complexity index is 2320. The van der Waals surface area contributed by atoms with Crippen molar-refractivity contribution in [3.8, 4) is 66.8 Å². The topological polar surface area (TPSA) is 0 Å². The third kappa shape index (κ3) is 5.48. The molecule has 0 saturated carbocycles. The highest BCUT2D eigenvalue weighted by Crippen LogP contribution is 2.44. The minimum absolute atomic E-state index is 1.22. The van der Waals surface area contributed by atoms with Gasteiger partial charge < -0.3 is 0 Å². The zero-order valence-electron chi connectivity index (χ0n) is 27.6. The smallest absolute Gasteiger partial charge is 0.00264 e. The predicted molar refractivity (Wildman–Crippen MR) is 214 cm³/mol. The van der Waals surface area contributed by atoms with Crippen molar-refractivity contribution in [2.75, 3.05) is 0 Å². The van der Waals surface area contributed by atoms with Crippen molar-refractivity contribution in [2.24, 2.45) is 0 Å². The Hall–Kier alpha value is -6.50. The summed E-state index contributed by atoms with van der Waals surface area (Å²) in [7, 11) is 0. The highest BCUT2D eigenvalue weighted by atomic mass is 14.2. The van der Waals surface area contributed by atoms with Gasteiger partial charge in [-0.3, -0.25) is 0 Å². The van der Waals surface area contributed by atoms with Crippen molar-refractivity contribution in [3.63, 3.8) is 0 Å². The third-order valence-corrected chi connectivity index (χ3v) is 9.93. The highest BCUT2D eigenvalue weighted by Gasteiger charge is 2.17. The van der Waals surface area contributed by atoms with Crippen LogP contribution < -0.4 is 0 Å². The van der Waals surface area contributed by atoms with E-state index in [2.05, 4.69) is 206 Å². The van der Waals surface area contributed by atoms with Crippen molar-refractivity contribution >= 4 is 21.5 Å².